The van der Waals surface area contributed by atoms with E-state index in [2.05, 4.69) is 32.6 Å². The third-order valence-electron chi connectivity index (χ3n) is 3.26. The van der Waals surface area contributed by atoms with Crippen LogP contribution >= 0.6 is 0 Å². The highest BCUT2D eigenvalue weighted by Crippen LogP contribution is 2.18. The lowest BCUT2D eigenvalue weighted by Gasteiger charge is -2.21. The zero-order valence-corrected chi connectivity index (χ0v) is 12.6. The smallest absolute Gasteiger partial charge is 0.321 e. The summed E-state index contributed by atoms with van der Waals surface area (Å²) in [4.78, 5) is 27.4. The summed E-state index contributed by atoms with van der Waals surface area (Å²) < 4.78 is 1.52. The summed E-state index contributed by atoms with van der Waals surface area (Å²) in [5.74, 6) is 4.57. The van der Waals surface area contributed by atoms with Crippen LogP contribution in [0.5, 0.6) is 0 Å². The summed E-state index contributed by atoms with van der Waals surface area (Å²) in [5.41, 5.74) is 0.397. The first kappa shape index (κ1) is 15.0. The van der Waals surface area contributed by atoms with E-state index < -0.39 is 23.5 Å². The van der Waals surface area contributed by atoms with Crippen molar-refractivity contribution in [2.24, 2.45) is 0 Å². The maximum atomic E-state index is 12.0. The molecular formula is C15H15N5O3. The van der Waals surface area contributed by atoms with Crippen LogP contribution in [-0.2, 0) is 4.79 Å². The van der Waals surface area contributed by atoms with Gasteiger partial charge >= 0.3 is 6.03 Å². The van der Waals surface area contributed by atoms with Gasteiger partial charge in [0.05, 0.1) is 17.2 Å². The number of imide groups is 1. The van der Waals surface area contributed by atoms with Crippen LogP contribution < -0.4 is 10.6 Å². The van der Waals surface area contributed by atoms with Gasteiger partial charge < -0.3 is 10.4 Å². The number of hydrogen-bond donors (Lipinski definition) is 3. The molecule has 0 saturated carbocycles. The number of urea groups is 1. The summed E-state index contributed by atoms with van der Waals surface area (Å²) in [6, 6.07) is 1.14. The van der Waals surface area contributed by atoms with Crippen LogP contribution in [0.25, 0.3) is 5.65 Å². The lowest BCUT2D eigenvalue weighted by Crippen LogP contribution is -2.51. The Hall–Kier alpha value is -2.92. The van der Waals surface area contributed by atoms with Crippen LogP contribution in [0.2, 0.25) is 0 Å². The van der Waals surface area contributed by atoms with E-state index in [-0.39, 0.29) is 6.54 Å². The van der Waals surface area contributed by atoms with Crippen molar-refractivity contribution in [1.29, 1.82) is 0 Å². The molecule has 2 aromatic heterocycles. The first-order chi connectivity index (χ1) is 10.8. The fourth-order valence-electron chi connectivity index (χ4n) is 2.19. The maximum Gasteiger partial charge on any atom is 0.321 e. The molecule has 0 aliphatic carbocycles. The molecular weight excluding hydrogens is 298 g/mol. The van der Waals surface area contributed by atoms with Crippen molar-refractivity contribution in [3.8, 4) is 11.8 Å². The van der Waals surface area contributed by atoms with Gasteiger partial charge in [-0.15, -0.1) is 0 Å². The molecule has 0 bridgehead atoms. The van der Waals surface area contributed by atoms with E-state index in [1.807, 2.05) is 0 Å². The van der Waals surface area contributed by atoms with Gasteiger partial charge in [0, 0.05) is 18.9 Å². The summed E-state index contributed by atoms with van der Waals surface area (Å²) in [6.45, 7) is 3.32. The second kappa shape index (κ2) is 5.37. The van der Waals surface area contributed by atoms with Gasteiger partial charge in [-0.2, -0.15) is 5.10 Å². The third kappa shape index (κ3) is 3.14. The van der Waals surface area contributed by atoms with Crippen molar-refractivity contribution in [3.05, 3.63) is 29.7 Å². The summed E-state index contributed by atoms with van der Waals surface area (Å²) >= 11 is 0. The molecule has 3 amide bonds. The first-order valence-electron chi connectivity index (χ1n) is 7.02. The van der Waals surface area contributed by atoms with Crippen LogP contribution in [-0.4, -0.2) is 43.8 Å². The largest absolute Gasteiger partial charge is 0.378 e. The number of carbonyl (C=O) groups is 2. The standard InChI is InChI=1S/C15H15N5O3/c1-15(2,23)4-3-9-7-11(19-20-6-5-16-12(9)20)10-8-17-14(22)18-13(10)21/h5-7,10,23H,8H2,1-2H3,(H2,17,18,21,22). The minimum atomic E-state index is -1.15. The van der Waals surface area contributed by atoms with Crippen molar-refractivity contribution < 1.29 is 14.7 Å². The van der Waals surface area contributed by atoms with Gasteiger partial charge in [0.25, 0.3) is 0 Å². The fraction of sp³-hybridized carbons (Fsp3) is 0.333. The van der Waals surface area contributed by atoms with Crippen molar-refractivity contribution >= 4 is 17.6 Å². The number of nitrogens with one attached hydrogen (secondary N) is 2. The number of imidazole rings is 1. The molecule has 3 rings (SSSR count). The van der Waals surface area contributed by atoms with E-state index >= 15 is 0 Å². The molecule has 0 aromatic carbocycles. The lowest BCUT2D eigenvalue weighted by molar-refractivity contribution is -0.122. The Balaban J connectivity index is 2.07. The SMILES string of the molecule is CC(C)(O)C#Cc1cc(C2CNC(=O)NC2=O)nn2ccnc12. The topological polar surface area (TPSA) is 109 Å². The maximum absolute atomic E-state index is 12.0. The van der Waals surface area contributed by atoms with E-state index in [4.69, 9.17) is 0 Å². The van der Waals surface area contributed by atoms with Crippen LogP contribution in [0.1, 0.15) is 31.0 Å². The number of carbonyl (C=O) groups excluding carboxylic acids is 2. The minimum absolute atomic E-state index is 0.163. The number of fused-ring (bicyclic) bond motifs is 1. The summed E-state index contributed by atoms with van der Waals surface area (Å²) in [5, 5.41) is 18.9. The molecule has 1 unspecified atom stereocenters. The van der Waals surface area contributed by atoms with Crippen molar-refractivity contribution in [2.75, 3.05) is 6.54 Å². The van der Waals surface area contributed by atoms with Gasteiger partial charge in [-0.1, -0.05) is 11.8 Å². The third-order valence-corrected chi connectivity index (χ3v) is 3.26. The van der Waals surface area contributed by atoms with Crippen molar-refractivity contribution in [3.63, 3.8) is 0 Å². The van der Waals surface area contributed by atoms with Gasteiger partial charge in [0.15, 0.2) is 5.65 Å². The van der Waals surface area contributed by atoms with E-state index in [0.717, 1.165) is 0 Å². The fourth-order valence-corrected chi connectivity index (χ4v) is 2.19. The average molecular weight is 313 g/mol. The molecule has 0 spiro atoms. The van der Waals surface area contributed by atoms with E-state index in [1.165, 1.54) is 4.52 Å². The number of aromatic nitrogens is 3. The van der Waals surface area contributed by atoms with Crippen LogP contribution in [0.4, 0.5) is 4.79 Å². The normalized spacial score (nSPS) is 18.1. The number of nitrogens with zero attached hydrogens (tertiary/aromatic N) is 3. The number of rotatable bonds is 1. The molecule has 8 heteroatoms. The highest BCUT2D eigenvalue weighted by molar-refractivity contribution is 6.00. The lowest BCUT2D eigenvalue weighted by atomic mass is 10.0. The predicted molar refractivity (Wildman–Crippen MR) is 80.4 cm³/mol. The Labute approximate surface area is 131 Å². The Kier molecular flexibility index (Phi) is 3.50. The molecule has 3 heterocycles. The Morgan fingerprint density at radius 2 is 2.22 bits per heavy atom. The second-order valence-corrected chi connectivity index (χ2v) is 5.74. The molecule has 3 N–H and O–H groups in total. The second-order valence-electron chi connectivity index (χ2n) is 5.74. The molecule has 2 aromatic rings. The zero-order valence-electron chi connectivity index (χ0n) is 12.6. The molecule has 1 aliphatic rings. The monoisotopic (exact) mass is 313 g/mol. The first-order valence-corrected chi connectivity index (χ1v) is 7.02. The van der Waals surface area contributed by atoms with Crippen LogP contribution in [0.3, 0.4) is 0 Å². The molecule has 1 saturated heterocycles. The average Bonchev–Trinajstić information content (AvgIpc) is 2.92. The molecule has 1 aliphatic heterocycles. The van der Waals surface area contributed by atoms with Gasteiger partial charge in [0.1, 0.15) is 5.60 Å². The molecule has 8 nitrogen and oxygen atoms in total. The Morgan fingerprint density at radius 3 is 2.91 bits per heavy atom. The molecule has 118 valence electrons. The number of amides is 3. The predicted octanol–water partition coefficient (Wildman–Crippen LogP) is -0.225. The highest BCUT2D eigenvalue weighted by Gasteiger charge is 2.29. The van der Waals surface area contributed by atoms with Crippen LogP contribution in [0.15, 0.2) is 18.5 Å². The number of aliphatic hydroxyl groups is 1. The molecule has 0 radical (unpaired) electrons. The van der Waals surface area contributed by atoms with E-state index in [0.29, 0.717) is 16.9 Å². The molecule has 23 heavy (non-hydrogen) atoms. The van der Waals surface area contributed by atoms with Crippen molar-refractivity contribution in [1.82, 2.24) is 25.2 Å². The number of hydrogen-bond acceptors (Lipinski definition) is 5. The van der Waals surface area contributed by atoms with E-state index in [9.17, 15) is 14.7 Å². The quantitative estimate of drug-likeness (QED) is 0.631. The highest BCUT2D eigenvalue weighted by atomic mass is 16.3. The van der Waals surface area contributed by atoms with E-state index in [1.54, 1.807) is 32.3 Å². The van der Waals surface area contributed by atoms with Gasteiger partial charge in [0.2, 0.25) is 5.91 Å². The molecule has 1 atom stereocenters. The zero-order chi connectivity index (χ0) is 16.6. The minimum Gasteiger partial charge on any atom is -0.378 e. The van der Waals surface area contributed by atoms with Gasteiger partial charge in [-0.05, 0) is 19.9 Å². The summed E-state index contributed by atoms with van der Waals surface area (Å²) in [6.07, 6.45) is 3.22. The Morgan fingerprint density at radius 1 is 1.43 bits per heavy atom. The van der Waals surface area contributed by atoms with Gasteiger partial charge in [-0.3, -0.25) is 10.1 Å². The van der Waals surface area contributed by atoms with Crippen LogP contribution in [0, 0.1) is 11.8 Å². The Bertz CT molecular complexity index is 853. The summed E-state index contributed by atoms with van der Waals surface area (Å²) in [7, 11) is 0. The van der Waals surface area contributed by atoms with Crippen molar-refractivity contribution in [2.45, 2.75) is 25.4 Å². The molecule has 1 fully saturated rings. The van der Waals surface area contributed by atoms with Gasteiger partial charge in [-0.25, -0.2) is 14.3 Å².